The van der Waals surface area contributed by atoms with Crippen molar-refractivity contribution in [3.8, 4) is 17.2 Å². The van der Waals surface area contributed by atoms with E-state index in [0.717, 1.165) is 0 Å². The molecule has 0 atom stereocenters. The van der Waals surface area contributed by atoms with Crippen LogP contribution in [-0.4, -0.2) is 42.9 Å². The fourth-order valence-corrected chi connectivity index (χ4v) is 2.76. The minimum atomic E-state index is -0.342. The van der Waals surface area contributed by atoms with Gasteiger partial charge in [-0.3, -0.25) is 14.6 Å². The Morgan fingerprint density at radius 1 is 1.09 bits per heavy atom. The number of ether oxygens (including phenoxy) is 3. The molecule has 0 spiro atoms. The molecule has 166 valence electrons. The van der Waals surface area contributed by atoms with E-state index >= 15 is 0 Å². The van der Waals surface area contributed by atoms with Gasteiger partial charge in [0.2, 0.25) is 5.95 Å². The second-order valence-corrected chi connectivity index (χ2v) is 6.55. The molecule has 0 fully saturated rings. The number of hydrogen-bond acceptors (Lipinski definition) is 8. The molecule has 0 radical (unpaired) electrons. The summed E-state index contributed by atoms with van der Waals surface area (Å²) in [4.78, 5) is 30.4. The van der Waals surface area contributed by atoms with Crippen LogP contribution in [0.4, 0.5) is 11.6 Å². The van der Waals surface area contributed by atoms with Crippen LogP contribution in [0.3, 0.4) is 0 Å². The normalized spacial score (nSPS) is 10.6. The Morgan fingerprint density at radius 2 is 1.88 bits per heavy atom. The van der Waals surface area contributed by atoms with Crippen LogP contribution in [0, 0.1) is 6.92 Å². The summed E-state index contributed by atoms with van der Waals surface area (Å²) in [5, 5.41) is 6.80. The molecule has 32 heavy (non-hydrogen) atoms. The zero-order valence-electron chi connectivity index (χ0n) is 17.8. The summed E-state index contributed by atoms with van der Waals surface area (Å²) in [5.41, 5.74) is 4.23. The Kier molecular flexibility index (Phi) is 7.42. The van der Waals surface area contributed by atoms with Gasteiger partial charge >= 0.3 is 0 Å². The minimum absolute atomic E-state index is 0.213. The molecule has 0 aliphatic heterocycles. The van der Waals surface area contributed by atoms with Gasteiger partial charge in [0.05, 0.1) is 26.1 Å². The van der Waals surface area contributed by atoms with Crippen LogP contribution in [-0.2, 0) is 4.79 Å². The van der Waals surface area contributed by atoms with E-state index in [2.05, 4.69) is 25.8 Å². The summed E-state index contributed by atoms with van der Waals surface area (Å²) in [6.45, 7) is 1.50. The summed E-state index contributed by atoms with van der Waals surface area (Å²) in [6.07, 6.45) is 1.53. The van der Waals surface area contributed by atoms with Gasteiger partial charge in [0, 0.05) is 11.8 Å². The number of hydrogen-bond donors (Lipinski definition) is 3. The standard InChI is InChI=1S/C22H23N5O5/c1-14-10-20(28)26-22(24-14)27-23-12-15-8-9-18(19(11-15)31-3)32-13-21(29)25-16-6-4-5-7-17(16)30-2/h4-12H,13H2,1-3H3,(H,25,29)(H2,24,26,27,28)/b23-12+. The lowest BCUT2D eigenvalue weighted by molar-refractivity contribution is -0.118. The van der Waals surface area contributed by atoms with Crippen molar-refractivity contribution in [1.82, 2.24) is 9.97 Å². The first-order valence-corrected chi connectivity index (χ1v) is 9.59. The molecule has 0 aliphatic carbocycles. The van der Waals surface area contributed by atoms with E-state index in [1.807, 2.05) is 6.07 Å². The quantitative estimate of drug-likeness (QED) is 0.347. The summed E-state index contributed by atoms with van der Waals surface area (Å²) in [5.74, 6) is 1.28. The number of methoxy groups -OCH3 is 2. The van der Waals surface area contributed by atoms with Crippen molar-refractivity contribution in [3.63, 3.8) is 0 Å². The molecule has 0 saturated heterocycles. The summed E-state index contributed by atoms with van der Waals surface area (Å²) in [6, 6.07) is 13.6. The summed E-state index contributed by atoms with van der Waals surface area (Å²) >= 11 is 0. The number of rotatable bonds is 9. The largest absolute Gasteiger partial charge is 0.495 e. The predicted octanol–water partition coefficient (Wildman–Crippen LogP) is 2.56. The number of aromatic nitrogens is 2. The Bertz CT molecular complexity index is 1180. The molecule has 2 aromatic carbocycles. The van der Waals surface area contributed by atoms with Gasteiger partial charge in [-0.1, -0.05) is 12.1 Å². The molecule has 0 saturated carbocycles. The van der Waals surface area contributed by atoms with Crippen molar-refractivity contribution >= 4 is 23.8 Å². The third-order valence-corrected chi connectivity index (χ3v) is 4.18. The lowest BCUT2D eigenvalue weighted by Gasteiger charge is -2.12. The molecule has 10 nitrogen and oxygen atoms in total. The van der Waals surface area contributed by atoms with Crippen molar-refractivity contribution in [2.24, 2.45) is 5.10 Å². The number of aromatic amines is 1. The Balaban J connectivity index is 1.61. The van der Waals surface area contributed by atoms with E-state index in [-0.39, 0.29) is 24.0 Å². The van der Waals surface area contributed by atoms with Crippen LogP contribution in [0.25, 0.3) is 0 Å². The van der Waals surface area contributed by atoms with E-state index in [1.54, 1.807) is 43.3 Å². The van der Waals surface area contributed by atoms with Crippen LogP contribution in [0.15, 0.2) is 58.4 Å². The zero-order chi connectivity index (χ0) is 22.9. The predicted molar refractivity (Wildman–Crippen MR) is 121 cm³/mol. The van der Waals surface area contributed by atoms with E-state index in [0.29, 0.717) is 34.2 Å². The van der Waals surface area contributed by atoms with Crippen LogP contribution in [0.5, 0.6) is 17.2 Å². The molecular weight excluding hydrogens is 414 g/mol. The fourth-order valence-electron chi connectivity index (χ4n) is 2.76. The average Bonchev–Trinajstić information content (AvgIpc) is 2.77. The number of anilines is 2. The Hall–Kier alpha value is -4.34. The zero-order valence-corrected chi connectivity index (χ0v) is 17.8. The molecule has 3 rings (SSSR count). The van der Waals surface area contributed by atoms with E-state index < -0.39 is 0 Å². The number of carbonyl (C=O) groups excluding carboxylic acids is 1. The fraction of sp³-hybridized carbons (Fsp3) is 0.182. The van der Waals surface area contributed by atoms with Crippen LogP contribution in [0.1, 0.15) is 11.3 Å². The molecule has 10 heteroatoms. The molecule has 1 amide bonds. The molecule has 1 aromatic heterocycles. The first kappa shape index (κ1) is 22.3. The first-order chi connectivity index (χ1) is 15.5. The lowest BCUT2D eigenvalue weighted by Crippen LogP contribution is -2.20. The van der Waals surface area contributed by atoms with Gasteiger partial charge in [0.1, 0.15) is 5.75 Å². The highest BCUT2D eigenvalue weighted by Gasteiger charge is 2.10. The minimum Gasteiger partial charge on any atom is -0.495 e. The number of para-hydroxylation sites is 2. The summed E-state index contributed by atoms with van der Waals surface area (Å²) < 4.78 is 16.2. The molecule has 0 aliphatic rings. The van der Waals surface area contributed by atoms with Crippen molar-refractivity contribution in [2.45, 2.75) is 6.92 Å². The van der Waals surface area contributed by atoms with Gasteiger partial charge in [-0.25, -0.2) is 10.4 Å². The third-order valence-electron chi connectivity index (χ3n) is 4.18. The number of H-pyrrole nitrogens is 1. The highest BCUT2D eigenvalue weighted by Crippen LogP contribution is 2.28. The highest BCUT2D eigenvalue weighted by atomic mass is 16.5. The number of nitrogens with zero attached hydrogens (tertiary/aromatic N) is 2. The number of nitrogens with one attached hydrogen (secondary N) is 3. The van der Waals surface area contributed by atoms with Gasteiger partial charge in [-0.15, -0.1) is 0 Å². The molecule has 3 N–H and O–H groups in total. The Morgan fingerprint density at radius 3 is 2.62 bits per heavy atom. The first-order valence-electron chi connectivity index (χ1n) is 9.59. The van der Waals surface area contributed by atoms with Crippen LogP contribution >= 0.6 is 0 Å². The van der Waals surface area contributed by atoms with Gasteiger partial charge in [-0.2, -0.15) is 5.10 Å². The number of amides is 1. The maximum absolute atomic E-state index is 12.3. The second kappa shape index (κ2) is 10.6. The van der Waals surface area contributed by atoms with Crippen molar-refractivity contribution in [2.75, 3.05) is 31.6 Å². The topological polar surface area (TPSA) is 127 Å². The smallest absolute Gasteiger partial charge is 0.262 e. The van der Waals surface area contributed by atoms with Crippen molar-refractivity contribution in [1.29, 1.82) is 0 Å². The van der Waals surface area contributed by atoms with E-state index in [4.69, 9.17) is 14.2 Å². The average molecular weight is 437 g/mol. The van der Waals surface area contributed by atoms with Crippen molar-refractivity contribution in [3.05, 3.63) is 70.1 Å². The molecule has 0 bridgehead atoms. The number of hydrazone groups is 1. The van der Waals surface area contributed by atoms with Gasteiger partial charge in [0.15, 0.2) is 18.1 Å². The third kappa shape index (κ3) is 6.08. The highest BCUT2D eigenvalue weighted by molar-refractivity contribution is 5.93. The lowest BCUT2D eigenvalue weighted by atomic mass is 10.2. The molecule has 1 heterocycles. The second-order valence-electron chi connectivity index (χ2n) is 6.55. The number of aryl methyl sites for hydroxylation is 1. The van der Waals surface area contributed by atoms with Crippen LogP contribution in [0.2, 0.25) is 0 Å². The number of carbonyl (C=O) groups is 1. The SMILES string of the molecule is COc1ccccc1NC(=O)COc1ccc(/C=N/Nc2nc(C)cc(=O)[nH]2)cc1OC. The van der Waals surface area contributed by atoms with Crippen LogP contribution < -0.4 is 30.5 Å². The molecular formula is C22H23N5O5. The number of benzene rings is 2. The molecule has 3 aromatic rings. The Labute approximate surface area is 184 Å². The van der Waals surface area contributed by atoms with E-state index in [9.17, 15) is 9.59 Å². The maximum Gasteiger partial charge on any atom is 0.262 e. The monoisotopic (exact) mass is 437 g/mol. The maximum atomic E-state index is 12.3. The summed E-state index contributed by atoms with van der Waals surface area (Å²) in [7, 11) is 3.03. The van der Waals surface area contributed by atoms with Gasteiger partial charge < -0.3 is 19.5 Å². The van der Waals surface area contributed by atoms with Gasteiger partial charge in [-0.05, 0) is 42.8 Å². The van der Waals surface area contributed by atoms with Gasteiger partial charge in [0.25, 0.3) is 11.5 Å². The molecule has 0 unspecified atom stereocenters. The van der Waals surface area contributed by atoms with Crippen molar-refractivity contribution < 1.29 is 19.0 Å². The van der Waals surface area contributed by atoms with E-state index in [1.165, 1.54) is 26.5 Å².